The van der Waals surface area contributed by atoms with Crippen molar-refractivity contribution in [2.24, 2.45) is 0 Å². The van der Waals surface area contributed by atoms with Crippen LogP contribution in [-0.4, -0.2) is 40.0 Å². The molecule has 0 bridgehead atoms. The van der Waals surface area contributed by atoms with Gasteiger partial charge in [0.25, 0.3) is 0 Å². The number of ether oxygens (including phenoxy) is 1. The van der Waals surface area contributed by atoms with Crippen LogP contribution in [0.5, 0.6) is 5.75 Å². The first-order chi connectivity index (χ1) is 12.7. The first kappa shape index (κ1) is 19.7. The lowest BCUT2D eigenvalue weighted by atomic mass is 10.1. The lowest BCUT2D eigenvalue weighted by Gasteiger charge is -2.31. The highest BCUT2D eigenvalue weighted by atomic mass is 35.5. The quantitative estimate of drug-likeness (QED) is 0.729. The number of pyridine rings is 1. The molecule has 3 heterocycles. The molecule has 1 fully saturated rings. The third-order valence-corrected chi connectivity index (χ3v) is 4.90. The number of imidazole rings is 1. The molecule has 2 aromatic heterocycles. The summed E-state index contributed by atoms with van der Waals surface area (Å²) in [4.78, 5) is 7.15. The summed E-state index contributed by atoms with van der Waals surface area (Å²) in [6.45, 7) is 9.07. The minimum Gasteiger partial charge on any atom is -0.487 e. The molecule has 0 aliphatic carbocycles. The highest BCUT2D eigenvalue weighted by Gasteiger charge is 2.15. The van der Waals surface area contributed by atoms with E-state index in [1.165, 1.54) is 11.1 Å². The molecule has 27 heavy (non-hydrogen) atoms. The Hall–Kier alpha value is -2.08. The largest absolute Gasteiger partial charge is 0.487 e. The number of hydrogen-bond acceptors (Lipinski definition) is 4. The Balaban J connectivity index is 0.00000210. The minimum absolute atomic E-state index is 0. The van der Waals surface area contributed by atoms with Crippen molar-refractivity contribution < 1.29 is 4.74 Å². The highest BCUT2D eigenvalue weighted by molar-refractivity contribution is 5.85. The van der Waals surface area contributed by atoms with Gasteiger partial charge < -0.3 is 14.5 Å². The van der Waals surface area contributed by atoms with E-state index < -0.39 is 0 Å². The van der Waals surface area contributed by atoms with Crippen molar-refractivity contribution in [1.82, 2.24) is 19.6 Å². The minimum atomic E-state index is 0. The normalized spacial score (nSPS) is 17.6. The van der Waals surface area contributed by atoms with E-state index >= 15 is 0 Å². The van der Waals surface area contributed by atoms with Gasteiger partial charge in [-0.05, 0) is 43.2 Å². The Kier molecular flexibility index (Phi) is 6.37. The summed E-state index contributed by atoms with van der Waals surface area (Å²) in [5.74, 6) is 0.885. The number of nitrogens with zero attached hydrogens (tertiary/aromatic N) is 3. The van der Waals surface area contributed by atoms with Crippen LogP contribution in [0.1, 0.15) is 23.7 Å². The average molecular weight is 387 g/mol. The van der Waals surface area contributed by atoms with Crippen molar-refractivity contribution in [3.05, 3.63) is 65.6 Å². The fourth-order valence-electron chi connectivity index (χ4n) is 3.54. The van der Waals surface area contributed by atoms with Gasteiger partial charge in [0.2, 0.25) is 0 Å². The second-order valence-corrected chi connectivity index (χ2v) is 7.18. The summed E-state index contributed by atoms with van der Waals surface area (Å²) in [5, 5.41) is 3.48. The molecule has 1 unspecified atom stereocenters. The van der Waals surface area contributed by atoms with E-state index in [1.54, 1.807) is 0 Å². The number of rotatable bonds is 5. The summed E-state index contributed by atoms with van der Waals surface area (Å²) in [6, 6.07) is 13.1. The molecule has 1 atom stereocenters. The van der Waals surface area contributed by atoms with Crippen molar-refractivity contribution in [3.63, 3.8) is 0 Å². The fourth-order valence-corrected chi connectivity index (χ4v) is 3.54. The van der Waals surface area contributed by atoms with Crippen molar-refractivity contribution in [2.45, 2.75) is 33.0 Å². The van der Waals surface area contributed by atoms with E-state index in [0.717, 1.165) is 43.3 Å². The molecule has 4 rings (SSSR count). The standard InChI is InChI=1S/C21H26N4O.ClH/c1-16-4-3-10-25-14-19(23-21(16)25)15-26-20-7-5-18(6-8-20)13-24-11-9-22-17(2)12-24;/h3-8,10,14,17,22H,9,11-13,15H2,1-2H3;1H. The second-order valence-electron chi connectivity index (χ2n) is 7.18. The van der Waals surface area contributed by atoms with Gasteiger partial charge in [0.1, 0.15) is 18.0 Å². The Labute approximate surface area is 166 Å². The summed E-state index contributed by atoms with van der Waals surface area (Å²) < 4.78 is 7.97. The van der Waals surface area contributed by atoms with Crippen molar-refractivity contribution in [3.8, 4) is 5.75 Å². The van der Waals surface area contributed by atoms with Gasteiger partial charge in [-0.15, -0.1) is 12.4 Å². The van der Waals surface area contributed by atoms with E-state index in [9.17, 15) is 0 Å². The van der Waals surface area contributed by atoms with Gasteiger partial charge in [0.05, 0.1) is 5.69 Å². The number of nitrogens with one attached hydrogen (secondary N) is 1. The first-order valence-corrected chi connectivity index (χ1v) is 9.28. The molecule has 0 radical (unpaired) electrons. The smallest absolute Gasteiger partial charge is 0.140 e. The van der Waals surface area contributed by atoms with Crippen LogP contribution < -0.4 is 10.1 Å². The maximum absolute atomic E-state index is 5.92. The van der Waals surface area contributed by atoms with E-state index in [0.29, 0.717) is 12.6 Å². The van der Waals surface area contributed by atoms with Gasteiger partial charge in [-0.2, -0.15) is 0 Å². The lowest BCUT2D eigenvalue weighted by molar-refractivity contribution is 0.199. The van der Waals surface area contributed by atoms with E-state index in [1.807, 2.05) is 22.9 Å². The molecule has 1 N–H and O–H groups in total. The molecule has 144 valence electrons. The molecular formula is C21H27ClN4O. The predicted molar refractivity (Wildman–Crippen MR) is 111 cm³/mol. The van der Waals surface area contributed by atoms with Gasteiger partial charge >= 0.3 is 0 Å². The lowest BCUT2D eigenvalue weighted by Crippen LogP contribution is -2.48. The molecule has 0 amide bonds. The maximum Gasteiger partial charge on any atom is 0.140 e. The number of piperazine rings is 1. The molecule has 1 aromatic carbocycles. The number of fused-ring (bicyclic) bond motifs is 1. The van der Waals surface area contributed by atoms with E-state index in [-0.39, 0.29) is 12.4 Å². The van der Waals surface area contributed by atoms with Crippen LogP contribution in [0, 0.1) is 6.92 Å². The van der Waals surface area contributed by atoms with Crippen molar-refractivity contribution >= 4 is 18.1 Å². The summed E-state index contributed by atoms with van der Waals surface area (Å²) >= 11 is 0. The van der Waals surface area contributed by atoms with Crippen LogP contribution in [0.25, 0.3) is 5.65 Å². The third kappa shape index (κ3) is 4.80. The monoisotopic (exact) mass is 386 g/mol. The zero-order valence-corrected chi connectivity index (χ0v) is 16.7. The van der Waals surface area contributed by atoms with Gasteiger partial charge in [0.15, 0.2) is 0 Å². The average Bonchev–Trinajstić information content (AvgIpc) is 3.06. The van der Waals surface area contributed by atoms with Crippen LogP contribution >= 0.6 is 12.4 Å². The third-order valence-electron chi connectivity index (χ3n) is 4.90. The second kappa shape index (κ2) is 8.74. The van der Waals surface area contributed by atoms with Gasteiger partial charge in [-0.1, -0.05) is 18.2 Å². The van der Waals surface area contributed by atoms with E-state index in [4.69, 9.17) is 4.74 Å². The number of benzene rings is 1. The Bertz CT molecular complexity index is 878. The van der Waals surface area contributed by atoms with Gasteiger partial charge in [0, 0.05) is 44.6 Å². The summed E-state index contributed by atoms with van der Waals surface area (Å²) in [6.07, 6.45) is 4.05. The molecule has 1 aliphatic heterocycles. The van der Waals surface area contributed by atoms with Gasteiger partial charge in [-0.3, -0.25) is 4.90 Å². The van der Waals surface area contributed by atoms with Crippen molar-refractivity contribution in [1.29, 1.82) is 0 Å². The van der Waals surface area contributed by atoms with Gasteiger partial charge in [-0.25, -0.2) is 4.98 Å². The Morgan fingerprint density at radius 3 is 2.78 bits per heavy atom. The molecule has 0 spiro atoms. The fraction of sp³-hybridized carbons (Fsp3) is 0.381. The number of aromatic nitrogens is 2. The van der Waals surface area contributed by atoms with Crippen LogP contribution in [0.2, 0.25) is 0 Å². The summed E-state index contributed by atoms with van der Waals surface area (Å²) in [7, 11) is 0. The zero-order chi connectivity index (χ0) is 17.9. The van der Waals surface area contributed by atoms with Crippen molar-refractivity contribution in [2.75, 3.05) is 19.6 Å². The molecule has 1 saturated heterocycles. The molecule has 1 aliphatic rings. The first-order valence-electron chi connectivity index (χ1n) is 9.28. The summed E-state index contributed by atoms with van der Waals surface area (Å²) in [5.41, 5.74) is 4.44. The Morgan fingerprint density at radius 1 is 1.22 bits per heavy atom. The predicted octanol–water partition coefficient (Wildman–Crippen LogP) is 3.44. The molecular weight excluding hydrogens is 360 g/mol. The molecule has 6 heteroatoms. The van der Waals surface area contributed by atoms with E-state index in [2.05, 4.69) is 59.4 Å². The number of halogens is 1. The maximum atomic E-state index is 5.92. The van der Waals surface area contributed by atoms with Crippen LogP contribution in [-0.2, 0) is 13.2 Å². The van der Waals surface area contributed by atoms with Crippen LogP contribution in [0.4, 0.5) is 0 Å². The molecule has 3 aromatic rings. The molecule has 0 saturated carbocycles. The number of aryl methyl sites for hydroxylation is 1. The number of hydrogen-bond donors (Lipinski definition) is 1. The van der Waals surface area contributed by atoms with Crippen LogP contribution in [0.3, 0.4) is 0 Å². The zero-order valence-electron chi connectivity index (χ0n) is 15.9. The van der Waals surface area contributed by atoms with Crippen LogP contribution in [0.15, 0.2) is 48.8 Å². The highest BCUT2D eigenvalue weighted by Crippen LogP contribution is 2.17. The SMILES string of the molecule is Cc1cccn2cc(COc3ccc(CN4CCNC(C)C4)cc3)nc12.Cl. The molecule has 5 nitrogen and oxygen atoms in total. The topological polar surface area (TPSA) is 41.8 Å². The Morgan fingerprint density at radius 2 is 2.04 bits per heavy atom.